The highest BCUT2D eigenvalue weighted by Gasteiger charge is 2.16. The topological polar surface area (TPSA) is 113 Å². The zero-order valence-corrected chi connectivity index (χ0v) is 27.3. The van der Waals surface area contributed by atoms with Crippen molar-refractivity contribution in [2.45, 2.75) is 148 Å². The second kappa shape index (κ2) is 29.8. The molecule has 0 aliphatic carbocycles. The summed E-state index contributed by atoms with van der Waals surface area (Å²) in [5.74, 6) is -0.0261. The number of aliphatic hydroxyl groups excluding tert-OH is 3. The molecule has 0 radical (unpaired) electrons. The first-order valence-corrected chi connectivity index (χ1v) is 16.8. The van der Waals surface area contributed by atoms with E-state index in [-0.39, 0.29) is 25.1 Å². The third-order valence-electron chi connectivity index (χ3n) is 7.37. The van der Waals surface area contributed by atoms with Crippen LogP contribution in [0.3, 0.4) is 0 Å². The molecule has 0 aromatic rings. The number of hydrogen-bond donors (Lipinski definition) is 3. The molecule has 0 amide bonds. The molecular weight excluding hydrogens is 544 g/mol. The maximum Gasteiger partial charge on any atom is 0.306 e. The van der Waals surface area contributed by atoms with Gasteiger partial charge in [0.1, 0.15) is 6.61 Å². The van der Waals surface area contributed by atoms with Gasteiger partial charge >= 0.3 is 11.9 Å². The van der Waals surface area contributed by atoms with Gasteiger partial charge in [0.25, 0.3) is 0 Å². The van der Waals surface area contributed by atoms with Gasteiger partial charge in [-0.05, 0) is 38.0 Å². The van der Waals surface area contributed by atoms with Crippen LogP contribution in [0.4, 0.5) is 0 Å². The Morgan fingerprint density at radius 3 is 1.86 bits per heavy atom. The maximum atomic E-state index is 12.1. The Kier molecular flexibility index (Phi) is 28.3. The second-order valence-corrected chi connectivity index (χ2v) is 11.5. The molecule has 0 aromatic heterocycles. The van der Waals surface area contributed by atoms with Crippen molar-refractivity contribution >= 4 is 11.9 Å². The number of ether oxygens (including phenoxy) is 2. The number of carbonyl (C=O) groups excluding carboxylic acids is 2. The van der Waals surface area contributed by atoms with Gasteiger partial charge in [0.05, 0.1) is 18.8 Å². The molecule has 0 heterocycles. The number of rotatable bonds is 28. The SMILES string of the molecule is CCCCC[C@H](O)/C=C/C=C\C/C=C\C=C\[C@H](O)CCCC(=O)OC[C@H](CO)OC(=O)CCCCCCCCC(C)CC. The van der Waals surface area contributed by atoms with Gasteiger partial charge in [0, 0.05) is 12.8 Å². The molecule has 0 aliphatic heterocycles. The van der Waals surface area contributed by atoms with Crippen molar-refractivity contribution in [3.63, 3.8) is 0 Å². The van der Waals surface area contributed by atoms with Crippen molar-refractivity contribution in [1.29, 1.82) is 0 Å². The lowest BCUT2D eigenvalue weighted by atomic mass is 10.00. The van der Waals surface area contributed by atoms with Crippen LogP contribution in [0.2, 0.25) is 0 Å². The summed E-state index contributed by atoms with van der Waals surface area (Å²) in [7, 11) is 0. The van der Waals surface area contributed by atoms with Crippen molar-refractivity contribution in [2.24, 2.45) is 5.92 Å². The molecule has 0 aliphatic rings. The van der Waals surface area contributed by atoms with Crippen molar-refractivity contribution in [1.82, 2.24) is 0 Å². The van der Waals surface area contributed by atoms with E-state index >= 15 is 0 Å². The molecule has 0 bridgehead atoms. The number of aliphatic hydroxyl groups is 3. The van der Waals surface area contributed by atoms with E-state index in [4.69, 9.17) is 9.47 Å². The molecule has 3 N–H and O–H groups in total. The van der Waals surface area contributed by atoms with Gasteiger partial charge in [-0.3, -0.25) is 9.59 Å². The monoisotopic (exact) mass is 606 g/mol. The molecule has 0 saturated carbocycles. The highest BCUT2D eigenvalue weighted by molar-refractivity contribution is 5.70. The molecule has 0 saturated heterocycles. The summed E-state index contributed by atoms with van der Waals surface area (Å²) in [5, 5.41) is 29.4. The number of allylic oxidation sites excluding steroid dienone is 6. The largest absolute Gasteiger partial charge is 0.462 e. The predicted molar refractivity (Wildman–Crippen MR) is 175 cm³/mol. The molecule has 43 heavy (non-hydrogen) atoms. The summed E-state index contributed by atoms with van der Waals surface area (Å²) in [5.41, 5.74) is 0. The van der Waals surface area contributed by atoms with Gasteiger partial charge in [-0.2, -0.15) is 0 Å². The van der Waals surface area contributed by atoms with Gasteiger partial charge in [-0.25, -0.2) is 0 Å². The lowest BCUT2D eigenvalue weighted by molar-refractivity contribution is -0.161. The minimum atomic E-state index is -0.856. The Labute approximate surface area is 262 Å². The van der Waals surface area contributed by atoms with Crippen LogP contribution in [0.5, 0.6) is 0 Å². The molecule has 7 nitrogen and oxygen atoms in total. The van der Waals surface area contributed by atoms with Crippen LogP contribution in [0, 0.1) is 5.92 Å². The van der Waals surface area contributed by atoms with Crippen LogP contribution in [0.1, 0.15) is 130 Å². The van der Waals surface area contributed by atoms with Crippen LogP contribution >= 0.6 is 0 Å². The van der Waals surface area contributed by atoms with Crippen LogP contribution < -0.4 is 0 Å². The standard InChI is InChI=1S/C36H62O7/c1-4-6-16-23-32(38)24-18-13-8-7-9-14-19-25-33(39)26-21-28-35(40)42-30-34(29-37)43-36(41)27-20-15-11-10-12-17-22-31(3)5-2/h8-9,13-14,18-19,24-25,31-34,37-39H,4-7,10-12,15-17,20-23,26-30H2,1-3H3/b13-8-,14-9-,24-18+,25-19+/t31?,32-,33-,34-/m0/s1. The Hall–Kier alpha value is -2.22. The fourth-order valence-electron chi connectivity index (χ4n) is 4.33. The van der Waals surface area contributed by atoms with Crippen LogP contribution in [0.25, 0.3) is 0 Å². The minimum absolute atomic E-state index is 0.135. The average Bonchev–Trinajstić information content (AvgIpc) is 2.99. The van der Waals surface area contributed by atoms with E-state index in [1.165, 1.54) is 32.1 Å². The predicted octanol–water partition coefficient (Wildman–Crippen LogP) is 7.69. The van der Waals surface area contributed by atoms with E-state index in [9.17, 15) is 24.9 Å². The molecule has 1 unspecified atom stereocenters. The minimum Gasteiger partial charge on any atom is -0.462 e. The zero-order valence-electron chi connectivity index (χ0n) is 27.3. The van der Waals surface area contributed by atoms with E-state index in [1.54, 1.807) is 12.2 Å². The molecule has 7 heteroatoms. The van der Waals surface area contributed by atoms with Gasteiger partial charge in [-0.1, -0.05) is 134 Å². The van der Waals surface area contributed by atoms with Crippen molar-refractivity contribution in [2.75, 3.05) is 13.2 Å². The van der Waals surface area contributed by atoms with Gasteiger partial charge < -0.3 is 24.8 Å². The fourth-order valence-corrected chi connectivity index (χ4v) is 4.33. The lowest BCUT2D eigenvalue weighted by Gasteiger charge is -2.16. The normalized spacial score (nSPS) is 15.0. The fraction of sp³-hybridized carbons (Fsp3) is 0.722. The average molecular weight is 607 g/mol. The first-order valence-electron chi connectivity index (χ1n) is 16.8. The quantitative estimate of drug-likeness (QED) is 0.0475. The maximum absolute atomic E-state index is 12.1. The van der Waals surface area contributed by atoms with E-state index in [2.05, 4.69) is 20.8 Å². The zero-order chi connectivity index (χ0) is 32.0. The van der Waals surface area contributed by atoms with Crippen molar-refractivity contribution in [3.05, 3.63) is 48.6 Å². The van der Waals surface area contributed by atoms with Crippen molar-refractivity contribution < 1.29 is 34.4 Å². The number of esters is 2. The molecular formula is C36H62O7. The Bertz CT molecular complexity index is 786. The molecule has 4 atom stereocenters. The molecule has 0 fully saturated rings. The van der Waals surface area contributed by atoms with Gasteiger partial charge in [0.15, 0.2) is 6.10 Å². The summed E-state index contributed by atoms with van der Waals surface area (Å²) in [6.07, 6.45) is 28.2. The van der Waals surface area contributed by atoms with Gasteiger partial charge in [-0.15, -0.1) is 0 Å². The van der Waals surface area contributed by atoms with Crippen LogP contribution in [-0.4, -0.2) is 58.8 Å². The summed E-state index contributed by atoms with van der Waals surface area (Å²) >= 11 is 0. The first-order chi connectivity index (χ1) is 20.8. The van der Waals surface area contributed by atoms with E-state index in [0.717, 1.165) is 57.3 Å². The number of unbranched alkanes of at least 4 members (excludes halogenated alkanes) is 7. The smallest absolute Gasteiger partial charge is 0.306 e. The van der Waals surface area contributed by atoms with Crippen LogP contribution in [0.15, 0.2) is 48.6 Å². The van der Waals surface area contributed by atoms with Crippen LogP contribution in [-0.2, 0) is 19.1 Å². The summed E-state index contributed by atoms with van der Waals surface area (Å²) < 4.78 is 10.4. The molecule has 0 rings (SSSR count). The summed E-state index contributed by atoms with van der Waals surface area (Å²) in [6, 6.07) is 0. The molecule has 0 spiro atoms. The molecule has 0 aromatic carbocycles. The Morgan fingerprint density at radius 2 is 1.26 bits per heavy atom. The van der Waals surface area contributed by atoms with E-state index in [1.807, 2.05) is 36.5 Å². The lowest BCUT2D eigenvalue weighted by Crippen LogP contribution is -2.28. The van der Waals surface area contributed by atoms with E-state index in [0.29, 0.717) is 19.3 Å². The second-order valence-electron chi connectivity index (χ2n) is 11.5. The highest BCUT2D eigenvalue weighted by atomic mass is 16.6. The third kappa shape index (κ3) is 28.3. The highest BCUT2D eigenvalue weighted by Crippen LogP contribution is 2.15. The molecule has 248 valence electrons. The summed E-state index contributed by atoms with van der Waals surface area (Å²) in [6.45, 7) is 6.10. The van der Waals surface area contributed by atoms with Crippen molar-refractivity contribution in [3.8, 4) is 0 Å². The third-order valence-corrected chi connectivity index (χ3v) is 7.37. The first kappa shape index (κ1) is 40.8. The Balaban J connectivity index is 3.92. The Morgan fingerprint density at radius 1 is 0.698 bits per heavy atom. The summed E-state index contributed by atoms with van der Waals surface area (Å²) in [4.78, 5) is 24.1. The van der Waals surface area contributed by atoms with E-state index < -0.39 is 24.8 Å². The number of hydrogen-bond acceptors (Lipinski definition) is 7. The number of carbonyl (C=O) groups is 2. The van der Waals surface area contributed by atoms with Gasteiger partial charge in [0.2, 0.25) is 0 Å².